The van der Waals surface area contributed by atoms with Gasteiger partial charge in [-0.3, -0.25) is 14.4 Å². The smallest absolute Gasteiger partial charge is 0.306 e. The van der Waals surface area contributed by atoms with Crippen molar-refractivity contribution in [1.29, 1.82) is 0 Å². The number of hydrogen-bond acceptors (Lipinski definition) is 6. The highest BCUT2D eigenvalue weighted by atomic mass is 16.6. The molecule has 0 amide bonds. The minimum Gasteiger partial charge on any atom is -0.462 e. The van der Waals surface area contributed by atoms with Gasteiger partial charge in [-0.1, -0.05) is 208 Å². The fourth-order valence-electron chi connectivity index (χ4n) is 6.56. The zero-order chi connectivity index (χ0) is 45.1. The molecule has 0 aliphatic rings. The van der Waals surface area contributed by atoms with Crippen molar-refractivity contribution in [2.45, 2.75) is 226 Å². The lowest BCUT2D eigenvalue weighted by atomic mass is 10.1. The summed E-state index contributed by atoms with van der Waals surface area (Å²) in [4.78, 5) is 37.7. The zero-order valence-electron chi connectivity index (χ0n) is 40.1. The lowest BCUT2D eigenvalue weighted by Crippen LogP contribution is -2.30. The summed E-state index contributed by atoms with van der Waals surface area (Å²) in [6.07, 6.45) is 65.6. The van der Waals surface area contributed by atoms with Crippen LogP contribution in [0.1, 0.15) is 220 Å². The third-order valence-corrected chi connectivity index (χ3v) is 10.3. The second-order valence-corrected chi connectivity index (χ2v) is 16.3. The summed E-state index contributed by atoms with van der Waals surface area (Å²) in [5.74, 6) is -1.01. The molecule has 0 aliphatic carbocycles. The Kier molecular flexibility index (Phi) is 47.0. The van der Waals surface area contributed by atoms with E-state index in [1.165, 1.54) is 83.5 Å². The van der Waals surface area contributed by atoms with Gasteiger partial charge in [-0.15, -0.1) is 0 Å². The first-order chi connectivity index (χ1) is 30.5. The molecule has 0 aromatic rings. The summed E-state index contributed by atoms with van der Waals surface area (Å²) < 4.78 is 16.6. The maximum Gasteiger partial charge on any atom is 0.306 e. The Morgan fingerprint density at radius 2 is 0.661 bits per heavy atom. The van der Waals surface area contributed by atoms with E-state index in [-0.39, 0.29) is 37.5 Å². The monoisotopic (exact) mass is 861 g/mol. The molecule has 0 aliphatic heterocycles. The molecule has 0 rings (SSSR count). The highest BCUT2D eigenvalue weighted by molar-refractivity contribution is 5.71. The topological polar surface area (TPSA) is 78.9 Å². The molecule has 62 heavy (non-hydrogen) atoms. The van der Waals surface area contributed by atoms with E-state index in [2.05, 4.69) is 106 Å². The van der Waals surface area contributed by atoms with Gasteiger partial charge in [-0.25, -0.2) is 0 Å². The maximum atomic E-state index is 12.8. The van der Waals surface area contributed by atoms with E-state index in [9.17, 15) is 14.4 Å². The maximum absolute atomic E-state index is 12.8. The molecule has 352 valence electrons. The van der Waals surface area contributed by atoms with Crippen LogP contribution < -0.4 is 0 Å². The number of hydrogen-bond donors (Lipinski definition) is 0. The summed E-state index contributed by atoms with van der Waals surface area (Å²) in [7, 11) is 0. The first-order valence-electron chi connectivity index (χ1n) is 25.2. The van der Waals surface area contributed by atoms with Crippen molar-refractivity contribution in [3.8, 4) is 0 Å². The summed E-state index contributed by atoms with van der Waals surface area (Å²) in [5, 5.41) is 0. The number of carbonyl (C=O) groups excluding carboxylic acids is 3. The fraction of sp³-hybridized carbons (Fsp3) is 0.661. The number of rotatable bonds is 44. The van der Waals surface area contributed by atoms with E-state index in [1.54, 1.807) is 0 Å². The molecule has 0 N–H and O–H groups in total. The predicted molar refractivity (Wildman–Crippen MR) is 265 cm³/mol. The van der Waals surface area contributed by atoms with Gasteiger partial charge in [0, 0.05) is 19.3 Å². The summed E-state index contributed by atoms with van der Waals surface area (Å²) >= 11 is 0. The molecule has 0 saturated carbocycles. The summed E-state index contributed by atoms with van der Waals surface area (Å²) in [6, 6.07) is 0. The zero-order valence-corrected chi connectivity index (χ0v) is 40.1. The molecule has 6 nitrogen and oxygen atoms in total. The van der Waals surface area contributed by atoms with Crippen molar-refractivity contribution in [1.82, 2.24) is 0 Å². The Balaban J connectivity index is 4.41. The Morgan fingerprint density at radius 1 is 0.339 bits per heavy atom. The molecule has 0 spiro atoms. The van der Waals surface area contributed by atoms with Crippen molar-refractivity contribution in [2.75, 3.05) is 13.2 Å². The van der Waals surface area contributed by atoms with Gasteiger partial charge >= 0.3 is 17.9 Å². The predicted octanol–water partition coefficient (Wildman–Crippen LogP) is 16.6. The molecular formula is C56H92O6. The van der Waals surface area contributed by atoms with E-state index in [0.717, 1.165) is 89.9 Å². The van der Waals surface area contributed by atoms with Crippen LogP contribution in [0.4, 0.5) is 0 Å². The second kappa shape index (κ2) is 50.0. The van der Waals surface area contributed by atoms with Crippen LogP contribution in [-0.4, -0.2) is 37.2 Å². The quantitative estimate of drug-likeness (QED) is 0.0263. The third-order valence-electron chi connectivity index (χ3n) is 10.3. The molecular weight excluding hydrogens is 769 g/mol. The van der Waals surface area contributed by atoms with Gasteiger partial charge < -0.3 is 14.2 Å². The third kappa shape index (κ3) is 47.4. The fourth-order valence-corrected chi connectivity index (χ4v) is 6.56. The Morgan fingerprint density at radius 3 is 1.10 bits per heavy atom. The first kappa shape index (κ1) is 58.3. The number of allylic oxidation sites excluding steroid dienone is 16. The highest BCUT2D eigenvalue weighted by Gasteiger charge is 2.19. The van der Waals surface area contributed by atoms with E-state index < -0.39 is 6.10 Å². The normalized spacial score (nSPS) is 12.9. The molecule has 0 bridgehead atoms. The molecule has 0 heterocycles. The largest absolute Gasteiger partial charge is 0.462 e. The van der Waals surface area contributed by atoms with Crippen LogP contribution in [0.2, 0.25) is 0 Å². The molecule has 0 aromatic heterocycles. The van der Waals surface area contributed by atoms with Gasteiger partial charge in [0.15, 0.2) is 6.10 Å². The lowest BCUT2D eigenvalue weighted by molar-refractivity contribution is -0.166. The van der Waals surface area contributed by atoms with Gasteiger partial charge in [0.1, 0.15) is 13.2 Å². The van der Waals surface area contributed by atoms with Crippen molar-refractivity contribution in [3.63, 3.8) is 0 Å². The molecule has 0 radical (unpaired) electrons. The molecule has 6 heteroatoms. The van der Waals surface area contributed by atoms with E-state index in [1.807, 2.05) is 12.2 Å². The van der Waals surface area contributed by atoms with Gasteiger partial charge in [0.05, 0.1) is 0 Å². The summed E-state index contributed by atoms with van der Waals surface area (Å²) in [6.45, 7) is 6.38. The number of esters is 3. The Labute approximate surface area is 381 Å². The number of ether oxygens (including phenoxy) is 3. The van der Waals surface area contributed by atoms with Gasteiger partial charge in [-0.05, 0) is 89.9 Å². The van der Waals surface area contributed by atoms with Crippen LogP contribution in [0.15, 0.2) is 97.2 Å². The van der Waals surface area contributed by atoms with Crippen LogP contribution in [0.25, 0.3) is 0 Å². The Bertz CT molecular complexity index is 1260. The molecule has 0 fully saturated rings. The van der Waals surface area contributed by atoms with Crippen LogP contribution in [0.5, 0.6) is 0 Å². The number of carbonyl (C=O) groups is 3. The second-order valence-electron chi connectivity index (χ2n) is 16.3. The van der Waals surface area contributed by atoms with Gasteiger partial charge in [-0.2, -0.15) is 0 Å². The summed E-state index contributed by atoms with van der Waals surface area (Å²) in [5.41, 5.74) is 0. The van der Waals surface area contributed by atoms with Crippen LogP contribution in [-0.2, 0) is 28.6 Å². The minimum absolute atomic E-state index is 0.105. The highest BCUT2D eigenvalue weighted by Crippen LogP contribution is 2.13. The average Bonchev–Trinajstić information content (AvgIpc) is 3.27. The van der Waals surface area contributed by atoms with Crippen molar-refractivity contribution < 1.29 is 28.6 Å². The van der Waals surface area contributed by atoms with Gasteiger partial charge in [0.2, 0.25) is 0 Å². The molecule has 1 atom stereocenters. The van der Waals surface area contributed by atoms with Crippen molar-refractivity contribution in [3.05, 3.63) is 97.2 Å². The van der Waals surface area contributed by atoms with Crippen LogP contribution in [0, 0.1) is 0 Å². The van der Waals surface area contributed by atoms with Gasteiger partial charge in [0.25, 0.3) is 0 Å². The SMILES string of the molecule is CC/C=C\C/C=C\C/C=C\C/C=C\C/C=C\C/C=C\CCC(=O)OCC(COC(=O)CCCCCCCCC)OC(=O)CCCCCCCCC/C=C\C/C=C\CCCCCC. The van der Waals surface area contributed by atoms with Crippen molar-refractivity contribution in [2.24, 2.45) is 0 Å². The molecule has 0 saturated heterocycles. The van der Waals surface area contributed by atoms with E-state index >= 15 is 0 Å². The average molecular weight is 861 g/mol. The van der Waals surface area contributed by atoms with E-state index in [0.29, 0.717) is 19.3 Å². The first-order valence-corrected chi connectivity index (χ1v) is 25.2. The Hall–Kier alpha value is -3.67. The minimum atomic E-state index is -0.809. The lowest BCUT2D eigenvalue weighted by Gasteiger charge is -2.18. The van der Waals surface area contributed by atoms with E-state index in [4.69, 9.17) is 14.2 Å². The van der Waals surface area contributed by atoms with Crippen LogP contribution >= 0.6 is 0 Å². The standard InChI is InChI=1S/C56H92O6/c1-4-7-10-13-16-18-20-22-24-26-28-30-31-33-35-37-40-43-46-49-55(58)61-52-53(51-60-54(57)48-45-42-39-15-12-9-6-3)62-56(59)50-47-44-41-38-36-34-32-29-27-25-23-21-19-17-14-11-8-5-2/h7,10,16,18-19,21-22,24-25,27-28,30,33,35,40,43,53H,4-6,8-9,11-15,17,20,23,26,29,31-32,34,36-39,41-42,44-52H2,1-3H3/b10-7-,18-16-,21-19-,24-22-,27-25-,30-28-,35-33-,43-40-. The number of unbranched alkanes of at least 4 members (excludes halogenated alkanes) is 17. The molecule has 0 aromatic carbocycles. The van der Waals surface area contributed by atoms with Crippen molar-refractivity contribution >= 4 is 17.9 Å². The molecule has 1 unspecified atom stereocenters. The van der Waals surface area contributed by atoms with Crippen LogP contribution in [0.3, 0.4) is 0 Å².